The maximum absolute atomic E-state index is 5.14. The van der Waals surface area contributed by atoms with Crippen LogP contribution in [-0.2, 0) is 9.47 Å². The third-order valence-corrected chi connectivity index (χ3v) is 1.34. The van der Waals surface area contributed by atoms with Gasteiger partial charge in [0.2, 0.25) is 6.79 Å². The minimum absolute atomic E-state index is 0.370. The van der Waals surface area contributed by atoms with Crippen molar-refractivity contribution in [1.82, 2.24) is 0 Å². The predicted octanol–water partition coefficient (Wildman–Crippen LogP) is 2.19. The molecule has 0 atom stereocenters. The SMILES string of the molecule is CC/C=C\C1=C(C)OCO1. The Labute approximate surface area is 61.1 Å². The van der Waals surface area contributed by atoms with E-state index in [4.69, 9.17) is 9.47 Å². The summed E-state index contributed by atoms with van der Waals surface area (Å²) in [6.45, 7) is 4.36. The quantitative estimate of drug-likeness (QED) is 0.585. The van der Waals surface area contributed by atoms with Gasteiger partial charge in [-0.3, -0.25) is 0 Å². The summed E-state index contributed by atoms with van der Waals surface area (Å²) in [5.74, 6) is 1.74. The van der Waals surface area contributed by atoms with Crippen molar-refractivity contribution in [3.8, 4) is 0 Å². The predicted molar refractivity (Wildman–Crippen MR) is 39.2 cm³/mol. The standard InChI is InChI=1S/C8H12O2/c1-3-4-5-8-7(2)9-6-10-8/h4-5H,3,6H2,1-2H3/b5-4-. The highest BCUT2D eigenvalue weighted by Gasteiger charge is 2.08. The fourth-order valence-electron chi connectivity index (χ4n) is 0.744. The number of ether oxygens (including phenoxy) is 2. The molecule has 0 amide bonds. The fraction of sp³-hybridized carbons (Fsp3) is 0.500. The first kappa shape index (κ1) is 7.19. The summed E-state index contributed by atoms with van der Waals surface area (Å²) in [6, 6.07) is 0. The van der Waals surface area contributed by atoms with Crippen LogP contribution in [0.1, 0.15) is 20.3 Å². The van der Waals surface area contributed by atoms with E-state index in [2.05, 4.69) is 6.92 Å². The molecule has 0 bridgehead atoms. The van der Waals surface area contributed by atoms with E-state index in [1.54, 1.807) is 0 Å². The molecular weight excluding hydrogens is 128 g/mol. The number of hydrogen-bond donors (Lipinski definition) is 0. The first-order valence-corrected chi connectivity index (χ1v) is 3.47. The van der Waals surface area contributed by atoms with Crippen molar-refractivity contribution < 1.29 is 9.47 Å². The van der Waals surface area contributed by atoms with Crippen LogP contribution in [0.2, 0.25) is 0 Å². The highest BCUT2D eigenvalue weighted by atomic mass is 16.7. The normalized spacial score (nSPS) is 17.8. The van der Waals surface area contributed by atoms with Crippen LogP contribution in [-0.4, -0.2) is 6.79 Å². The lowest BCUT2D eigenvalue weighted by atomic mass is 10.3. The minimum atomic E-state index is 0.370. The van der Waals surface area contributed by atoms with Crippen LogP contribution in [0.25, 0.3) is 0 Å². The zero-order chi connectivity index (χ0) is 7.40. The summed E-state index contributed by atoms with van der Waals surface area (Å²) in [4.78, 5) is 0. The van der Waals surface area contributed by atoms with Crippen LogP contribution in [0.15, 0.2) is 23.7 Å². The Morgan fingerprint density at radius 2 is 2.30 bits per heavy atom. The van der Waals surface area contributed by atoms with Gasteiger partial charge in [0.05, 0.1) is 0 Å². The van der Waals surface area contributed by atoms with E-state index >= 15 is 0 Å². The van der Waals surface area contributed by atoms with Crippen molar-refractivity contribution in [1.29, 1.82) is 0 Å². The molecule has 0 spiro atoms. The lowest BCUT2D eigenvalue weighted by Gasteiger charge is -1.90. The molecule has 0 aliphatic carbocycles. The fourth-order valence-corrected chi connectivity index (χ4v) is 0.744. The Hall–Kier alpha value is -0.920. The van der Waals surface area contributed by atoms with Gasteiger partial charge in [0.1, 0.15) is 5.76 Å². The number of rotatable bonds is 2. The second-order valence-electron chi connectivity index (χ2n) is 2.14. The Morgan fingerprint density at radius 1 is 1.50 bits per heavy atom. The highest BCUT2D eigenvalue weighted by Crippen LogP contribution is 2.16. The molecule has 1 aliphatic heterocycles. The van der Waals surface area contributed by atoms with E-state index in [9.17, 15) is 0 Å². The van der Waals surface area contributed by atoms with Gasteiger partial charge in [0, 0.05) is 0 Å². The molecule has 0 aromatic rings. The summed E-state index contributed by atoms with van der Waals surface area (Å²) >= 11 is 0. The maximum atomic E-state index is 5.14. The molecule has 1 heterocycles. The van der Waals surface area contributed by atoms with Gasteiger partial charge in [0.25, 0.3) is 0 Å². The van der Waals surface area contributed by atoms with Crippen molar-refractivity contribution in [2.24, 2.45) is 0 Å². The Bertz CT molecular complexity index is 168. The van der Waals surface area contributed by atoms with Gasteiger partial charge in [-0.15, -0.1) is 0 Å². The summed E-state index contributed by atoms with van der Waals surface area (Å²) in [7, 11) is 0. The van der Waals surface area contributed by atoms with Gasteiger partial charge in [-0.1, -0.05) is 13.0 Å². The van der Waals surface area contributed by atoms with E-state index in [0.29, 0.717) is 6.79 Å². The third kappa shape index (κ3) is 1.53. The Morgan fingerprint density at radius 3 is 2.80 bits per heavy atom. The van der Waals surface area contributed by atoms with E-state index < -0.39 is 0 Å². The van der Waals surface area contributed by atoms with Crippen molar-refractivity contribution in [2.75, 3.05) is 6.79 Å². The molecule has 0 radical (unpaired) electrons. The van der Waals surface area contributed by atoms with Crippen molar-refractivity contribution >= 4 is 0 Å². The lowest BCUT2D eigenvalue weighted by Crippen LogP contribution is -1.80. The lowest BCUT2D eigenvalue weighted by molar-refractivity contribution is 0.0750. The van der Waals surface area contributed by atoms with Crippen molar-refractivity contribution in [2.45, 2.75) is 20.3 Å². The van der Waals surface area contributed by atoms with Crippen LogP contribution >= 0.6 is 0 Å². The van der Waals surface area contributed by atoms with Gasteiger partial charge in [-0.25, -0.2) is 0 Å². The van der Waals surface area contributed by atoms with Crippen LogP contribution in [0.4, 0.5) is 0 Å². The molecule has 1 rings (SSSR count). The average molecular weight is 140 g/mol. The van der Waals surface area contributed by atoms with Crippen LogP contribution in [0.3, 0.4) is 0 Å². The summed E-state index contributed by atoms with van der Waals surface area (Å²) in [6.07, 6.45) is 5.02. The first-order chi connectivity index (χ1) is 4.84. The minimum Gasteiger partial charge on any atom is -0.458 e. The molecule has 1 aliphatic rings. The maximum Gasteiger partial charge on any atom is 0.230 e. The third-order valence-electron chi connectivity index (χ3n) is 1.34. The monoisotopic (exact) mass is 140 g/mol. The molecule has 0 fully saturated rings. The average Bonchev–Trinajstić information content (AvgIpc) is 2.31. The van der Waals surface area contributed by atoms with Crippen LogP contribution in [0.5, 0.6) is 0 Å². The Balaban J connectivity index is 2.54. The van der Waals surface area contributed by atoms with E-state index in [-0.39, 0.29) is 0 Å². The molecule has 0 aromatic carbocycles. The zero-order valence-electron chi connectivity index (χ0n) is 6.39. The van der Waals surface area contributed by atoms with Gasteiger partial charge < -0.3 is 9.47 Å². The molecule has 0 saturated carbocycles. The first-order valence-electron chi connectivity index (χ1n) is 3.47. The molecule has 10 heavy (non-hydrogen) atoms. The summed E-state index contributed by atoms with van der Waals surface area (Å²) in [5, 5.41) is 0. The highest BCUT2D eigenvalue weighted by molar-refractivity contribution is 5.16. The van der Waals surface area contributed by atoms with Crippen molar-refractivity contribution in [3.05, 3.63) is 23.7 Å². The molecule has 0 N–H and O–H groups in total. The largest absolute Gasteiger partial charge is 0.458 e. The van der Waals surface area contributed by atoms with Gasteiger partial charge in [0.15, 0.2) is 5.76 Å². The molecule has 56 valence electrons. The smallest absolute Gasteiger partial charge is 0.230 e. The zero-order valence-corrected chi connectivity index (χ0v) is 6.39. The van der Waals surface area contributed by atoms with E-state index in [1.807, 2.05) is 19.1 Å². The van der Waals surface area contributed by atoms with Crippen LogP contribution < -0.4 is 0 Å². The van der Waals surface area contributed by atoms with Gasteiger partial charge in [-0.05, 0) is 19.4 Å². The number of hydrogen-bond acceptors (Lipinski definition) is 2. The van der Waals surface area contributed by atoms with E-state index in [1.165, 1.54) is 0 Å². The molecule has 0 saturated heterocycles. The van der Waals surface area contributed by atoms with Gasteiger partial charge >= 0.3 is 0 Å². The molecule has 2 heteroatoms. The summed E-state index contributed by atoms with van der Waals surface area (Å²) < 4.78 is 10.2. The number of allylic oxidation sites excluding steroid dienone is 3. The van der Waals surface area contributed by atoms with Crippen molar-refractivity contribution in [3.63, 3.8) is 0 Å². The molecule has 2 nitrogen and oxygen atoms in total. The second-order valence-corrected chi connectivity index (χ2v) is 2.14. The van der Waals surface area contributed by atoms with Crippen LogP contribution in [0, 0.1) is 0 Å². The molecule has 0 unspecified atom stereocenters. The molecule has 0 aromatic heterocycles. The molecular formula is C8H12O2. The topological polar surface area (TPSA) is 18.5 Å². The van der Waals surface area contributed by atoms with E-state index in [0.717, 1.165) is 17.9 Å². The summed E-state index contributed by atoms with van der Waals surface area (Å²) in [5.41, 5.74) is 0. The van der Waals surface area contributed by atoms with Gasteiger partial charge in [-0.2, -0.15) is 0 Å². The second kappa shape index (κ2) is 3.30. The Kier molecular flexibility index (Phi) is 2.37.